The van der Waals surface area contributed by atoms with Gasteiger partial charge in [-0.05, 0) is 31.2 Å². The van der Waals surface area contributed by atoms with Crippen LogP contribution in [0, 0.1) is 0 Å². The van der Waals surface area contributed by atoms with Crippen molar-refractivity contribution in [2.45, 2.75) is 6.92 Å². The lowest BCUT2D eigenvalue weighted by atomic mass is 10.1. The molecule has 0 fully saturated rings. The van der Waals surface area contributed by atoms with Crippen LogP contribution in [0.15, 0.2) is 42.6 Å². The molecule has 0 saturated heterocycles. The number of aliphatic hydroxyl groups excluding tert-OH is 1. The normalized spacial score (nSPS) is 10.3. The number of nitrogens with zero attached hydrogens (tertiary/aromatic N) is 2. The second-order valence-corrected chi connectivity index (χ2v) is 5.18. The fraction of sp³-hybridized carbons (Fsp3) is 0.278. The Morgan fingerprint density at radius 3 is 2.33 bits per heavy atom. The number of pyridine rings is 1. The Bertz CT molecular complexity index is 696. The van der Waals surface area contributed by atoms with Crippen LogP contribution in [0.4, 0.5) is 0 Å². The molecule has 1 aromatic heterocycles. The largest absolute Gasteiger partial charge is 0.462 e. The van der Waals surface area contributed by atoms with E-state index in [-0.39, 0.29) is 19.1 Å². The van der Waals surface area contributed by atoms with Gasteiger partial charge in [-0.25, -0.2) is 4.79 Å². The predicted molar refractivity (Wildman–Crippen MR) is 89.7 cm³/mol. The first-order valence-corrected chi connectivity index (χ1v) is 7.66. The molecule has 1 N–H and O–H groups in total. The Balaban J connectivity index is 2.13. The van der Waals surface area contributed by atoms with Crippen molar-refractivity contribution in [2.24, 2.45) is 0 Å². The first kappa shape index (κ1) is 17.6. The van der Waals surface area contributed by atoms with E-state index in [1.165, 1.54) is 11.1 Å². The van der Waals surface area contributed by atoms with E-state index in [4.69, 9.17) is 9.84 Å². The molecule has 0 atom stereocenters. The number of esters is 1. The molecule has 126 valence electrons. The van der Waals surface area contributed by atoms with Crippen molar-refractivity contribution in [3.8, 4) is 11.3 Å². The van der Waals surface area contributed by atoms with Gasteiger partial charge in [-0.15, -0.1) is 0 Å². The summed E-state index contributed by atoms with van der Waals surface area (Å²) in [4.78, 5) is 29.4. The van der Waals surface area contributed by atoms with Crippen LogP contribution in [-0.4, -0.2) is 53.7 Å². The highest BCUT2D eigenvalue weighted by Crippen LogP contribution is 2.18. The van der Waals surface area contributed by atoms with Crippen molar-refractivity contribution in [1.82, 2.24) is 9.88 Å². The van der Waals surface area contributed by atoms with Crippen molar-refractivity contribution in [2.75, 3.05) is 26.8 Å². The van der Waals surface area contributed by atoms with Crippen molar-refractivity contribution >= 4 is 11.9 Å². The molecule has 1 heterocycles. The van der Waals surface area contributed by atoms with Crippen LogP contribution in [0.5, 0.6) is 0 Å². The van der Waals surface area contributed by atoms with E-state index < -0.39 is 5.97 Å². The van der Waals surface area contributed by atoms with Crippen LogP contribution in [0.3, 0.4) is 0 Å². The van der Waals surface area contributed by atoms with Crippen LogP contribution < -0.4 is 0 Å². The van der Waals surface area contributed by atoms with Gasteiger partial charge in [-0.2, -0.15) is 0 Å². The molecule has 1 aromatic carbocycles. The summed E-state index contributed by atoms with van der Waals surface area (Å²) in [6, 6.07) is 10.4. The Labute approximate surface area is 140 Å². The smallest absolute Gasteiger partial charge is 0.339 e. The highest BCUT2D eigenvalue weighted by Gasteiger charge is 2.12. The van der Waals surface area contributed by atoms with Crippen molar-refractivity contribution in [1.29, 1.82) is 0 Å². The van der Waals surface area contributed by atoms with E-state index in [2.05, 4.69) is 4.98 Å². The van der Waals surface area contributed by atoms with E-state index >= 15 is 0 Å². The maximum absolute atomic E-state index is 12.1. The van der Waals surface area contributed by atoms with Crippen molar-refractivity contribution in [3.05, 3.63) is 53.7 Å². The molecule has 0 spiro atoms. The molecule has 0 aliphatic rings. The van der Waals surface area contributed by atoms with Crippen LogP contribution in [0.25, 0.3) is 11.3 Å². The van der Waals surface area contributed by atoms with E-state index in [1.807, 2.05) is 0 Å². The average molecular weight is 328 g/mol. The highest BCUT2D eigenvalue weighted by atomic mass is 16.5. The number of carbonyl (C=O) groups excluding carboxylic acids is 2. The SMILES string of the molecule is CCOC(=O)c1ccc(-c2ccc(C(=O)N(C)CCO)cc2)nc1. The summed E-state index contributed by atoms with van der Waals surface area (Å²) in [5.41, 5.74) is 2.48. The zero-order valence-corrected chi connectivity index (χ0v) is 13.7. The third-order valence-electron chi connectivity index (χ3n) is 3.48. The summed E-state index contributed by atoms with van der Waals surface area (Å²) in [5.74, 6) is -0.550. The summed E-state index contributed by atoms with van der Waals surface area (Å²) in [7, 11) is 1.64. The van der Waals surface area contributed by atoms with E-state index in [0.29, 0.717) is 23.4 Å². The third-order valence-corrected chi connectivity index (χ3v) is 3.48. The molecule has 0 unspecified atom stereocenters. The topological polar surface area (TPSA) is 79.7 Å². The summed E-state index contributed by atoms with van der Waals surface area (Å²) in [6.07, 6.45) is 1.47. The van der Waals surface area contributed by atoms with Crippen LogP contribution in [0.2, 0.25) is 0 Å². The second kappa shape index (κ2) is 8.21. The summed E-state index contributed by atoms with van der Waals surface area (Å²) < 4.78 is 4.92. The van der Waals surface area contributed by atoms with Crippen LogP contribution >= 0.6 is 0 Å². The van der Waals surface area contributed by atoms with Gasteiger partial charge in [0, 0.05) is 30.9 Å². The molecule has 0 bridgehead atoms. The first-order chi connectivity index (χ1) is 11.6. The molecule has 6 nitrogen and oxygen atoms in total. The molecule has 1 amide bonds. The Hall–Kier alpha value is -2.73. The predicted octanol–water partition coefficient (Wildman–Crippen LogP) is 1.99. The Kier molecular flexibility index (Phi) is 6.03. The number of carbonyl (C=O) groups is 2. The standard InChI is InChI=1S/C18H20N2O4/c1-3-24-18(23)15-8-9-16(19-12-15)13-4-6-14(7-5-13)17(22)20(2)10-11-21/h4-9,12,21H,3,10-11H2,1-2H3. The zero-order valence-electron chi connectivity index (χ0n) is 13.7. The summed E-state index contributed by atoms with van der Waals surface area (Å²) in [5, 5.41) is 8.89. The zero-order chi connectivity index (χ0) is 17.5. The number of amides is 1. The maximum atomic E-state index is 12.1. The number of hydrogen-bond acceptors (Lipinski definition) is 5. The molecule has 0 radical (unpaired) electrons. The lowest BCUT2D eigenvalue weighted by Crippen LogP contribution is -2.29. The molecular formula is C18H20N2O4. The molecule has 0 saturated carbocycles. The number of aromatic nitrogens is 1. The van der Waals surface area contributed by atoms with Gasteiger partial charge in [0.15, 0.2) is 0 Å². The minimum absolute atomic E-state index is 0.0724. The monoisotopic (exact) mass is 328 g/mol. The van der Waals surface area contributed by atoms with E-state index in [1.54, 1.807) is 50.4 Å². The van der Waals surface area contributed by atoms with Crippen LogP contribution in [0.1, 0.15) is 27.6 Å². The van der Waals surface area contributed by atoms with Gasteiger partial charge >= 0.3 is 5.97 Å². The fourth-order valence-corrected chi connectivity index (χ4v) is 2.16. The highest BCUT2D eigenvalue weighted by molar-refractivity contribution is 5.94. The van der Waals surface area contributed by atoms with Crippen LogP contribution in [-0.2, 0) is 4.74 Å². The average Bonchev–Trinajstić information content (AvgIpc) is 2.62. The van der Waals surface area contributed by atoms with Crippen molar-refractivity contribution in [3.63, 3.8) is 0 Å². The minimum atomic E-state index is -0.399. The quantitative estimate of drug-likeness (QED) is 0.820. The van der Waals surface area contributed by atoms with Gasteiger partial charge in [-0.3, -0.25) is 9.78 Å². The Morgan fingerprint density at radius 1 is 1.12 bits per heavy atom. The first-order valence-electron chi connectivity index (χ1n) is 7.66. The Morgan fingerprint density at radius 2 is 1.79 bits per heavy atom. The summed E-state index contributed by atoms with van der Waals surface area (Å²) in [6.45, 7) is 2.29. The molecule has 2 rings (SSSR count). The maximum Gasteiger partial charge on any atom is 0.339 e. The molecule has 6 heteroatoms. The molecule has 2 aromatic rings. The van der Waals surface area contributed by atoms with Gasteiger partial charge in [-0.1, -0.05) is 12.1 Å². The van der Waals surface area contributed by atoms with Gasteiger partial charge in [0.1, 0.15) is 0 Å². The van der Waals surface area contributed by atoms with Gasteiger partial charge < -0.3 is 14.7 Å². The molecule has 0 aliphatic heterocycles. The van der Waals surface area contributed by atoms with E-state index in [9.17, 15) is 9.59 Å². The van der Waals surface area contributed by atoms with Gasteiger partial charge in [0.25, 0.3) is 5.91 Å². The number of aliphatic hydroxyl groups is 1. The number of benzene rings is 1. The minimum Gasteiger partial charge on any atom is -0.462 e. The van der Waals surface area contributed by atoms with Crippen molar-refractivity contribution < 1.29 is 19.4 Å². The van der Waals surface area contributed by atoms with E-state index in [0.717, 1.165) is 5.56 Å². The lowest BCUT2D eigenvalue weighted by molar-refractivity contribution is 0.0525. The lowest BCUT2D eigenvalue weighted by Gasteiger charge is -2.15. The molecular weight excluding hydrogens is 308 g/mol. The number of hydrogen-bond donors (Lipinski definition) is 1. The number of rotatable bonds is 6. The fourth-order valence-electron chi connectivity index (χ4n) is 2.16. The summed E-state index contributed by atoms with van der Waals surface area (Å²) >= 11 is 0. The molecule has 0 aliphatic carbocycles. The molecule has 24 heavy (non-hydrogen) atoms. The van der Waals surface area contributed by atoms with Gasteiger partial charge in [0.05, 0.1) is 24.5 Å². The van der Waals surface area contributed by atoms with Gasteiger partial charge in [0.2, 0.25) is 0 Å². The number of ether oxygens (including phenoxy) is 1. The third kappa shape index (κ3) is 4.17. The number of likely N-dealkylation sites (N-methyl/N-ethyl adjacent to an activating group) is 1. The second-order valence-electron chi connectivity index (χ2n) is 5.18.